The van der Waals surface area contributed by atoms with Gasteiger partial charge in [-0.15, -0.1) is 11.3 Å². The Balaban J connectivity index is 1.29. The molecule has 0 saturated carbocycles. The molecule has 0 spiro atoms. The number of amides is 4. The highest BCUT2D eigenvalue weighted by atomic mass is 32.1. The standard InChI is InChI=1S/C20H23N5O3S/c1-2-24-18(26)19(27)25(20(24)28)14-23-10-8-22(9-11-23)12-16-13-29-17(21-16)15-6-4-3-5-7-15/h3-7,13H,2,8-12,14H2,1H3. The van der Waals surface area contributed by atoms with E-state index in [1.165, 1.54) is 0 Å². The molecule has 9 heteroatoms. The average molecular weight is 414 g/mol. The molecule has 1 aromatic carbocycles. The molecule has 4 rings (SSSR count). The number of imide groups is 2. The van der Waals surface area contributed by atoms with Gasteiger partial charge in [0.1, 0.15) is 5.01 Å². The summed E-state index contributed by atoms with van der Waals surface area (Å²) in [5.74, 6) is -1.45. The van der Waals surface area contributed by atoms with E-state index in [9.17, 15) is 14.4 Å². The lowest BCUT2D eigenvalue weighted by molar-refractivity contribution is -0.144. The highest BCUT2D eigenvalue weighted by Crippen LogP contribution is 2.24. The van der Waals surface area contributed by atoms with Gasteiger partial charge in [-0.25, -0.2) is 14.7 Å². The second kappa shape index (κ2) is 8.40. The minimum absolute atomic E-state index is 0.169. The number of likely N-dealkylation sites (N-methyl/N-ethyl adjacent to an activating group) is 1. The molecule has 0 unspecified atom stereocenters. The lowest BCUT2D eigenvalue weighted by atomic mass is 10.2. The van der Waals surface area contributed by atoms with Crippen LogP contribution in [0.15, 0.2) is 35.7 Å². The third kappa shape index (κ3) is 4.07. The van der Waals surface area contributed by atoms with E-state index in [2.05, 4.69) is 22.4 Å². The fraction of sp³-hybridized carbons (Fsp3) is 0.400. The smallest absolute Gasteiger partial charge is 0.295 e. The van der Waals surface area contributed by atoms with Crippen LogP contribution in [0.2, 0.25) is 0 Å². The normalized spacial score (nSPS) is 18.9. The molecule has 8 nitrogen and oxygen atoms in total. The van der Waals surface area contributed by atoms with Gasteiger partial charge in [-0.1, -0.05) is 30.3 Å². The van der Waals surface area contributed by atoms with Crippen LogP contribution in [0.1, 0.15) is 12.6 Å². The Bertz CT molecular complexity index is 908. The average Bonchev–Trinajstić information content (AvgIpc) is 3.29. The second-order valence-corrected chi connectivity index (χ2v) is 7.97. The Morgan fingerprint density at radius 1 is 0.931 bits per heavy atom. The summed E-state index contributed by atoms with van der Waals surface area (Å²) in [5, 5.41) is 3.12. The largest absolute Gasteiger partial charge is 0.335 e. The molecule has 29 heavy (non-hydrogen) atoms. The molecule has 2 aliphatic heterocycles. The van der Waals surface area contributed by atoms with E-state index >= 15 is 0 Å². The van der Waals surface area contributed by atoms with E-state index in [0.717, 1.165) is 58.8 Å². The molecule has 4 amide bonds. The van der Waals surface area contributed by atoms with Gasteiger partial charge in [-0.05, 0) is 6.92 Å². The molecule has 2 aromatic rings. The van der Waals surface area contributed by atoms with Crippen molar-refractivity contribution in [2.45, 2.75) is 13.5 Å². The van der Waals surface area contributed by atoms with Crippen LogP contribution >= 0.6 is 11.3 Å². The second-order valence-electron chi connectivity index (χ2n) is 7.11. The minimum Gasteiger partial charge on any atom is -0.295 e. The van der Waals surface area contributed by atoms with Crippen LogP contribution in [0.5, 0.6) is 0 Å². The Morgan fingerprint density at radius 3 is 2.24 bits per heavy atom. The highest BCUT2D eigenvalue weighted by molar-refractivity contribution is 7.13. The van der Waals surface area contributed by atoms with E-state index in [-0.39, 0.29) is 13.2 Å². The van der Waals surface area contributed by atoms with Gasteiger partial charge in [0, 0.05) is 50.2 Å². The van der Waals surface area contributed by atoms with Gasteiger partial charge in [0.05, 0.1) is 12.4 Å². The molecular formula is C20H23N5O3S. The monoisotopic (exact) mass is 413 g/mol. The fourth-order valence-corrected chi connectivity index (χ4v) is 4.38. The van der Waals surface area contributed by atoms with E-state index in [4.69, 9.17) is 4.98 Å². The maximum atomic E-state index is 12.2. The topological polar surface area (TPSA) is 77.1 Å². The summed E-state index contributed by atoms with van der Waals surface area (Å²) in [4.78, 5) is 47.3. The number of benzene rings is 1. The molecule has 0 bridgehead atoms. The van der Waals surface area contributed by atoms with E-state index < -0.39 is 17.8 Å². The third-order valence-corrected chi connectivity index (χ3v) is 6.16. The van der Waals surface area contributed by atoms with Crippen LogP contribution in [-0.4, -0.2) is 81.8 Å². The first kappa shape index (κ1) is 19.7. The van der Waals surface area contributed by atoms with Crippen molar-refractivity contribution in [3.8, 4) is 10.6 Å². The predicted octanol–water partition coefficient (Wildman–Crippen LogP) is 1.70. The molecular weight excluding hydrogens is 390 g/mol. The summed E-state index contributed by atoms with van der Waals surface area (Å²) < 4.78 is 0. The number of nitrogens with zero attached hydrogens (tertiary/aromatic N) is 5. The van der Waals surface area contributed by atoms with Crippen molar-refractivity contribution in [3.05, 3.63) is 41.4 Å². The summed E-state index contributed by atoms with van der Waals surface area (Å²) in [6.07, 6.45) is 0. The van der Waals surface area contributed by atoms with Crippen molar-refractivity contribution in [3.63, 3.8) is 0 Å². The van der Waals surface area contributed by atoms with E-state index in [1.54, 1.807) is 18.3 Å². The number of thiazole rings is 1. The van der Waals surface area contributed by atoms with Crippen LogP contribution in [0.4, 0.5) is 4.79 Å². The number of urea groups is 1. The number of piperazine rings is 1. The summed E-state index contributed by atoms with van der Waals surface area (Å²) in [5.41, 5.74) is 2.18. The van der Waals surface area contributed by atoms with E-state index in [1.807, 2.05) is 23.1 Å². The number of rotatable bonds is 6. The zero-order valence-corrected chi connectivity index (χ0v) is 17.1. The number of hydrogen-bond acceptors (Lipinski definition) is 7. The highest BCUT2D eigenvalue weighted by Gasteiger charge is 2.44. The first-order valence-corrected chi connectivity index (χ1v) is 10.6. The predicted molar refractivity (Wildman–Crippen MR) is 109 cm³/mol. The molecule has 0 N–H and O–H groups in total. The summed E-state index contributed by atoms with van der Waals surface area (Å²) >= 11 is 1.65. The van der Waals surface area contributed by atoms with Gasteiger partial charge in [0.2, 0.25) is 0 Å². The van der Waals surface area contributed by atoms with Crippen LogP contribution in [0.25, 0.3) is 10.6 Å². The molecule has 0 aliphatic carbocycles. The Morgan fingerprint density at radius 2 is 1.59 bits per heavy atom. The third-order valence-electron chi connectivity index (χ3n) is 5.22. The molecule has 152 valence electrons. The Labute approximate surface area is 173 Å². The van der Waals surface area contributed by atoms with Crippen molar-refractivity contribution in [1.82, 2.24) is 24.6 Å². The van der Waals surface area contributed by atoms with Crippen molar-refractivity contribution >= 4 is 29.2 Å². The number of carbonyl (C=O) groups excluding carboxylic acids is 3. The van der Waals surface area contributed by atoms with Gasteiger partial charge >= 0.3 is 17.8 Å². The molecule has 2 fully saturated rings. The summed E-state index contributed by atoms with van der Waals surface area (Å²) in [6.45, 7) is 5.95. The van der Waals surface area contributed by atoms with Crippen LogP contribution in [-0.2, 0) is 16.1 Å². The van der Waals surface area contributed by atoms with Crippen molar-refractivity contribution in [2.75, 3.05) is 39.4 Å². The summed E-state index contributed by atoms with van der Waals surface area (Å²) in [7, 11) is 0. The number of carbonyl (C=O) groups is 3. The van der Waals surface area contributed by atoms with Gasteiger partial charge in [-0.2, -0.15) is 0 Å². The van der Waals surface area contributed by atoms with Gasteiger partial charge in [0.15, 0.2) is 0 Å². The lowest BCUT2D eigenvalue weighted by Gasteiger charge is -2.35. The van der Waals surface area contributed by atoms with Gasteiger partial charge in [0.25, 0.3) is 0 Å². The molecule has 0 atom stereocenters. The molecule has 2 saturated heterocycles. The number of aromatic nitrogens is 1. The Kier molecular flexibility index (Phi) is 5.70. The Hall–Kier alpha value is -2.62. The zero-order valence-electron chi connectivity index (χ0n) is 16.3. The van der Waals surface area contributed by atoms with Gasteiger partial charge < -0.3 is 0 Å². The lowest BCUT2D eigenvalue weighted by Crippen LogP contribution is -2.51. The van der Waals surface area contributed by atoms with Crippen molar-refractivity contribution < 1.29 is 14.4 Å². The van der Waals surface area contributed by atoms with Crippen LogP contribution in [0, 0.1) is 0 Å². The molecule has 3 heterocycles. The summed E-state index contributed by atoms with van der Waals surface area (Å²) in [6, 6.07) is 9.63. The zero-order chi connectivity index (χ0) is 20.4. The molecule has 2 aliphatic rings. The van der Waals surface area contributed by atoms with Crippen molar-refractivity contribution in [1.29, 1.82) is 0 Å². The molecule has 0 radical (unpaired) electrons. The van der Waals surface area contributed by atoms with E-state index in [0.29, 0.717) is 0 Å². The van der Waals surface area contributed by atoms with Crippen LogP contribution in [0.3, 0.4) is 0 Å². The first-order valence-electron chi connectivity index (χ1n) is 9.68. The minimum atomic E-state index is -0.728. The maximum Gasteiger partial charge on any atom is 0.335 e. The SMILES string of the molecule is CCN1C(=O)C(=O)N(CN2CCN(Cc3csc(-c4ccccc4)n3)CC2)C1=O. The fourth-order valence-electron chi connectivity index (χ4n) is 3.56. The number of hydrogen-bond donors (Lipinski definition) is 0. The van der Waals surface area contributed by atoms with Gasteiger partial charge in [-0.3, -0.25) is 24.3 Å². The quantitative estimate of drug-likeness (QED) is 0.530. The molecule has 1 aromatic heterocycles. The first-order chi connectivity index (χ1) is 14.1. The maximum absolute atomic E-state index is 12.2. The van der Waals surface area contributed by atoms with Crippen LogP contribution < -0.4 is 0 Å². The van der Waals surface area contributed by atoms with Crippen molar-refractivity contribution in [2.24, 2.45) is 0 Å².